The van der Waals surface area contributed by atoms with Gasteiger partial charge in [-0.15, -0.1) is 0 Å². The molecule has 0 bridgehead atoms. The van der Waals surface area contributed by atoms with Gasteiger partial charge in [-0.2, -0.15) is 13.2 Å². The summed E-state index contributed by atoms with van der Waals surface area (Å²) in [6.07, 6.45) is -0.0360. The Labute approximate surface area is 110 Å². The molecule has 0 spiro atoms. The Bertz CT molecular complexity index is 450. The fourth-order valence-electron chi connectivity index (χ4n) is 2.34. The number of halogens is 3. The molecule has 1 saturated carbocycles. The molecule has 0 aliphatic heterocycles. The number of hydrogen-bond donors (Lipinski definition) is 1. The monoisotopic (exact) mass is 271 g/mol. The van der Waals surface area contributed by atoms with Crippen LogP contribution in [0.15, 0.2) is 24.3 Å². The van der Waals surface area contributed by atoms with Crippen molar-refractivity contribution in [3.63, 3.8) is 0 Å². The third-order valence-corrected chi connectivity index (χ3v) is 3.42. The summed E-state index contributed by atoms with van der Waals surface area (Å²) in [7, 11) is 0. The lowest BCUT2D eigenvalue weighted by atomic mass is 10.1. The van der Waals surface area contributed by atoms with Crippen LogP contribution >= 0.6 is 0 Å². The first-order valence-corrected chi connectivity index (χ1v) is 6.40. The number of carbonyl (C=O) groups is 1. The number of benzene rings is 1. The molecule has 0 aromatic heterocycles. The number of alkyl halides is 3. The normalized spacial score (nSPS) is 16.8. The van der Waals surface area contributed by atoms with Crippen molar-refractivity contribution in [1.82, 2.24) is 5.32 Å². The van der Waals surface area contributed by atoms with Gasteiger partial charge >= 0.3 is 6.18 Å². The Morgan fingerprint density at radius 1 is 1.26 bits per heavy atom. The number of Topliss-reactive ketones (excluding diaryl/α,β-unsaturated/α-hetero) is 1. The first-order chi connectivity index (χ1) is 8.97. The summed E-state index contributed by atoms with van der Waals surface area (Å²) in [5, 5.41) is 3.11. The Hall–Kier alpha value is -1.36. The summed E-state index contributed by atoms with van der Waals surface area (Å²) in [6, 6.07) is 4.91. The standard InChI is InChI=1S/C14H16F3NO/c15-14(16,17)11-5-3-4-10(8-11)13(19)9-18-12-6-1-2-7-12/h3-5,8,12,18H,1-2,6-7,9H2. The fourth-order valence-corrected chi connectivity index (χ4v) is 2.34. The van der Waals surface area contributed by atoms with Crippen LogP contribution in [-0.2, 0) is 6.18 Å². The molecule has 104 valence electrons. The minimum Gasteiger partial charge on any atom is -0.307 e. The zero-order chi connectivity index (χ0) is 13.9. The second kappa shape index (κ2) is 5.74. The number of carbonyl (C=O) groups excluding carboxylic acids is 1. The molecular weight excluding hydrogens is 255 g/mol. The molecular formula is C14H16F3NO. The number of rotatable bonds is 4. The molecule has 1 fully saturated rings. The maximum atomic E-state index is 12.5. The molecule has 1 N–H and O–H groups in total. The van der Waals surface area contributed by atoms with Crippen LogP contribution in [0.4, 0.5) is 13.2 Å². The Kier molecular flexibility index (Phi) is 4.24. The van der Waals surface area contributed by atoms with Crippen molar-refractivity contribution in [2.45, 2.75) is 37.9 Å². The highest BCUT2D eigenvalue weighted by molar-refractivity contribution is 5.97. The Morgan fingerprint density at radius 2 is 1.95 bits per heavy atom. The molecule has 1 aromatic rings. The third-order valence-electron chi connectivity index (χ3n) is 3.42. The van der Waals surface area contributed by atoms with E-state index in [1.807, 2.05) is 0 Å². The van der Waals surface area contributed by atoms with E-state index in [-0.39, 0.29) is 17.9 Å². The van der Waals surface area contributed by atoms with E-state index in [4.69, 9.17) is 0 Å². The van der Waals surface area contributed by atoms with Crippen molar-refractivity contribution < 1.29 is 18.0 Å². The Morgan fingerprint density at radius 3 is 2.58 bits per heavy atom. The molecule has 0 amide bonds. The zero-order valence-corrected chi connectivity index (χ0v) is 10.5. The fraction of sp³-hybridized carbons (Fsp3) is 0.500. The molecule has 1 aliphatic rings. The van der Waals surface area contributed by atoms with Crippen LogP contribution in [0.3, 0.4) is 0 Å². The van der Waals surface area contributed by atoms with Crippen LogP contribution in [0.2, 0.25) is 0 Å². The minimum absolute atomic E-state index is 0.103. The smallest absolute Gasteiger partial charge is 0.307 e. The van der Waals surface area contributed by atoms with Gasteiger partial charge < -0.3 is 5.32 Å². The van der Waals surface area contributed by atoms with Crippen molar-refractivity contribution in [3.8, 4) is 0 Å². The summed E-state index contributed by atoms with van der Waals surface area (Å²) in [5.41, 5.74) is -0.667. The van der Waals surface area contributed by atoms with Crippen LogP contribution in [0.5, 0.6) is 0 Å². The second-order valence-corrected chi connectivity index (χ2v) is 4.86. The van der Waals surface area contributed by atoms with Gasteiger partial charge in [0.25, 0.3) is 0 Å². The number of hydrogen-bond acceptors (Lipinski definition) is 2. The summed E-state index contributed by atoms with van der Waals surface area (Å²) in [4.78, 5) is 11.9. The van der Waals surface area contributed by atoms with Gasteiger partial charge in [0.1, 0.15) is 0 Å². The van der Waals surface area contributed by atoms with Gasteiger partial charge in [0.2, 0.25) is 0 Å². The molecule has 0 atom stereocenters. The van der Waals surface area contributed by atoms with Gasteiger partial charge in [-0.25, -0.2) is 0 Å². The van der Waals surface area contributed by atoms with E-state index in [0.29, 0.717) is 6.04 Å². The van der Waals surface area contributed by atoms with Gasteiger partial charge in [0, 0.05) is 11.6 Å². The van der Waals surface area contributed by atoms with Crippen LogP contribution in [0, 0.1) is 0 Å². The van der Waals surface area contributed by atoms with Gasteiger partial charge in [-0.1, -0.05) is 25.0 Å². The lowest BCUT2D eigenvalue weighted by Gasteiger charge is -2.12. The average molecular weight is 271 g/mol. The van der Waals surface area contributed by atoms with Gasteiger partial charge in [-0.05, 0) is 25.0 Å². The molecule has 2 rings (SSSR count). The summed E-state index contributed by atoms with van der Waals surface area (Å²) in [6.45, 7) is 0.103. The van der Waals surface area contributed by atoms with Crippen molar-refractivity contribution >= 4 is 5.78 Å². The first kappa shape index (κ1) is 14.1. The molecule has 0 heterocycles. The topological polar surface area (TPSA) is 29.1 Å². The highest BCUT2D eigenvalue weighted by Crippen LogP contribution is 2.29. The van der Waals surface area contributed by atoms with E-state index >= 15 is 0 Å². The maximum absolute atomic E-state index is 12.5. The van der Waals surface area contributed by atoms with E-state index in [2.05, 4.69) is 5.32 Å². The third kappa shape index (κ3) is 3.80. The van der Waals surface area contributed by atoms with Crippen molar-refractivity contribution in [3.05, 3.63) is 35.4 Å². The largest absolute Gasteiger partial charge is 0.416 e. The number of ketones is 1. The second-order valence-electron chi connectivity index (χ2n) is 4.86. The van der Waals surface area contributed by atoms with Gasteiger partial charge in [0.15, 0.2) is 5.78 Å². The van der Waals surface area contributed by atoms with E-state index in [1.54, 1.807) is 0 Å². The molecule has 0 radical (unpaired) electrons. The van der Waals surface area contributed by atoms with E-state index in [1.165, 1.54) is 12.1 Å². The molecule has 5 heteroatoms. The molecule has 19 heavy (non-hydrogen) atoms. The maximum Gasteiger partial charge on any atom is 0.416 e. The molecule has 0 saturated heterocycles. The average Bonchev–Trinajstić information content (AvgIpc) is 2.88. The lowest BCUT2D eigenvalue weighted by molar-refractivity contribution is -0.137. The van der Waals surface area contributed by atoms with Crippen LogP contribution in [-0.4, -0.2) is 18.4 Å². The quantitative estimate of drug-likeness (QED) is 0.850. The summed E-state index contributed by atoms with van der Waals surface area (Å²) in [5.74, 6) is -0.294. The number of nitrogens with one attached hydrogen (secondary N) is 1. The molecule has 1 aliphatic carbocycles. The van der Waals surface area contributed by atoms with Crippen molar-refractivity contribution in [1.29, 1.82) is 0 Å². The van der Waals surface area contributed by atoms with E-state index in [0.717, 1.165) is 37.8 Å². The molecule has 2 nitrogen and oxygen atoms in total. The predicted octanol–water partition coefficient (Wildman–Crippen LogP) is 3.42. The Balaban J connectivity index is 1.98. The van der Waals surface area contributed by atoms with Crippen molar-refractivity contribution in [2.75, 3.05) is 6.54 Å². The minimum atomic E-state index is -4.41. The SMILES string of the molecule is O=C(CNC1CCCC1)c1cccc(C(F)(F)F)c1. The van der Waals surface area contributed by atoms with E-state index < -0.39 is 11.7 Å². The van der Waals surface area contributed by atoms with Gasteiger partial charge in [0.05, 0.1) is 12.1 Å². The first-order valence-electron chi connectivity index (χ1n) is 6.40. The van der Waals surface area contributed by atoms with Gasteiger partial charge in [-0.3, -0.25) is 4.79 Å². The van der Waals surface area contributed by atoms with Crippen LogP contribution in [0.1, 0.15) is 41.6 Å². The van der Waals surface area contributed by atoms with Crippen LogP contribution < -0.4 is 5.32 Å². The van der Waals surface area contributed by atoms with Crippen molar-refractivity contribution in [2.24, 2.45) is 0 Å². The highest BCUT2D eigenvalue weighted by Gasteiger charge is 2.30. The zero-order valence-electron chi connectivity index (χ0n) is 10.5. The highest BCUT2D eigenvalue weighted by atomic mass is 19.4. The summed E-state index contributed by atoms with van der Waals surface area (Å²) >= 11 is 0. The lowest BCUT2D eigenvalue weighted by Crippen LogP contribution is -2.31. The van der Waals surface area contributed by atoms with E-state index in [9.17, 15) is 18.0 Å². The molecule has 1 aromatic carbocycles. The molecule has 0 unspecified atom stereocenters. The predicted molar refractivity (Wildman–Crippen MR) is 66.0 cm³/mol. The summed E-state index contributed by atoms with van der Waals surface area (Å²) < 4.78 is 37.6. The van der Waals surface area contributed by atoms with Crippen LogP contribution in [0.25, 0.3) is 0 Å².